The number of para-hydroxylation sites is 2. The summed E-state index contributed by atoms with van der Waals surface area (Å²) in [4.78, 5) is 63.2. The minimum atomic E-state index is -1.14. The fourth-order valence-corrected chi connectivity index (χ4v) is 7.65. The van der Waals surface area contributed by atoms with E-state index in [1.807, 2.05) is 13.0 Å². The van der Waals surface area contributed by atoms with Crippen LogP contribution in [0.3, 0.4) is 0 Å². The second-order valence-electron chi connectivity index (χ2n) is 11.8. The molecule has 0 fully saturated rings. The van der Waals surface area contributed by atoms with Crippen molar-refractivity contribution in [3.63, 3.8) is 0 Å². The summed E-state index contributed by atoms with van der Waals surface area (Å²) in [5.74, 6) is -3.97. The number of anilines is 2. The van der Waals surface area contributed by atoms with Gasteiger partial charge in [0.15, 0.2) is 11.5 Å². The number of carbonyl (C=O) groups is 4. The summed E-state index contributed by atoms with van der Waals surface area (Å²) in [6.45, 7) is 2.21. The molecule has 0 saturated heterocycles. The van der Waals surface area contributed by atoms with Crippen LogP contribution in [0.4, 0.5) is 14.4 Å². The molecule has 0 aliphatic heterocycles. The topological polar surface area (TPSA) is 163 Å². The Kier molecular flexibility index (Phi) is 9.45. The second kappa shape index (κ2) is 14.8. The number of hydrogen-bond donors (Lipinski definition) is 2. The lowest BCUT2D eigenvalue weighted by Gasteiger charge is -2.11. The third-order valence-corrected chi connectivity index (χ3v) is 10.1. The van der Waals surface area contributed by atoms with E-state index in [2.05, 4.69) is 20.6 Å². The Bertz CT molecular complexity index is 2680. The zero-order valence-electron chi connectivity index (χ0n) is 28.5. The van der Waals surface area contributed by atoms with Crippen LogP contribution in [0.5, 0.6) is 5.88 Å². The molecular formula is C40H25FN4O8S2. The van der Waals surface area contributed by atoms with Gasteiger partial charge in [0.05, 0.1) is 6.61 Å². The molecule has 0 bridgehead atoms. The van der Waals surface area contributed by atoms with E-state index in [9.17, 15) is 23.6 Å². The molecule has 12 nitrogen and oxygen atoms in total. The third-order valence-electron chi connectivity index (χ3n) is 8.31. The number of aromatic nitrogens is 2. The molecule has 0 spiro atoms. The molecule has 2 aromatic carbocycles. The number of fused-ring (bicyclic) bond motifs is 2. The van der Waals surface area contributed by atoms with Crippen LogP contribution in [0.15, 0.2) is 117 Å². The minimum absolute atomic E-state index is 0.00469. The van der Waals surface area contributed by atoms with E-state index < -0.39 is 29.7 Å². The summed E-state index contributed by atoms with van der Waals surface area (Å²) >= 11 is 2.01. The maximum Gasteiger partial charge on any atom is 0.349 e. The average molecular weight is 773 g/mol. The first-order valence-electron chi connectivity index (χ1n) is 16.6. The van der Waals surface area contributed by atoms with Gasteiger partial charge in [-0.15, -0.1) is 22.7 Å². The van der Waals surface area contributed by atoms with Gasteiger partial charge in [0.2, 0.25) is 11.8 Å². The highest BCUT2D eigenvalue weighted by Gasteiger charge is 2.30. The highest BCUT2D eigenvalue weighted by atomic mass is 32.1. The van der Waals surface area contributed by atoms with Crippen molar-refractivity contribution in [1.82, 2.24) is 9.97 Å². The van der Waals surface area contributed by atoms with Crippen molar-refractivity contribution in [3.8, 4) is 28.1 Å². The van der Waals surface area contributed by atoms with E-state index >= 15 is 0 Å². The number of thiophene rings is 2. The minimum Gasteiger partial charge on any atom is -0.478 e. The van der Waals surface area contributed by atoms with Gasteiger partial charge in [-0.3, -0.25) is 9.59 Å². The Morgan fingerprint density at radius 2 is 1.20 bits per heavy atom. The largest absolute Gasteiger partial charge is 0.478 e. The van der Waals surface area contributed by atoms with Crippen LogP contribution in [0, 0.1) is 5.95 Å². The fraction of sp³-hybridized carbons (Fsp3) is 0.0500. The number of nitrogens with one attached hydrogen (secondary N) is 2. The molecule has 0 aliphatic carbocycles. The standard InChI is InChI=1S/C40H25FN4O8S2/c1-2-50-32-14-12-24(18-43-32)26-20-55-38(45-36(47)30-16-22-8-4-6-10-28(22)52-30)34(26)40(49)53-39(48)33-25(23-11-13-31(41)42-17-23)19-54-37(33)44-35(46)29-15-21-7-3-5-9-27(21)51-29/h3-20H,2H2,1H3,(H,44,46)(H,45,47). The number of carbonyl (C=O) groups excluding carboxylic acids is 4. The van der Waals surface area contributed by atoms with Crippen molar-refractivity contribution < 1.29 is 41.9 Å². The van der Waals surface area contributed by atoms with E-state index in [1.165, 1.54) is 18.5 Å². The first-order valence-corrected chi connectivity index (χ1v) is 18.3. The summed E-state index contributed by atoms with van der Waals surface area (Å²) in [5, 5.41) is 10.1. The average Bonchev–Trinajstić information content (AvgIpc) is 4.00. The molecular weight excluding hydrogens is 748 g/mol. The number of rotatable bonds is 10. The number of nitrogens with zero attached hydrogens (tertiary/aromatic N) is 2. The highest BCUT2D eigenvalue weighted by Crippen LogP contribution is 2.40. The Morgan fingerprint density at radius 3 is 1.65 bits per heavy atom. The maximum absolute atomic E-state index is 14.2. The molecule has 0 saturated carbocycles. The Morgan fingerprint density at radius 1 is 0.691 bits per heavy atom. The predicted octanol–water partition coefficient (Wildman–Crippen LogP) is 9.47. The molecule has 8 rings (SSSR count). The third kappa shape index (κ3) is 7.08. The van der Waals surface area contributed by atoms with Gasteiger partial charge in [-0.25, -0.2) is 19.6 Å². The summed E-state index contributed by atoms with van der Waals surface area (Å²) in [5.41, 5.74) is 1.97. The van der Waals surface area contributed by atoms with E-state index in [1.54, 1.807) is 77.5 Å². The zero-order valence-corrected chi connectivity index (χ0v) is 30.1. The van der Waals surface area contributed by atoms with E-state index in [0.29, 0.717) is 51.1 Å². The van der Waals surface area contributed by atoms with Crippen LogP contribution in [0.25, 0.3) is 44.2 Å². The van der Waals surface area contributed by atoms with Crippen LogP contribution in [0.1, 0.15) is 48.7 Å². The van der Waals surface area contributed by atoms with Gasteiger partial charge in [-0.2, -0.15) is 4.39 Å². The van der Waals surface area contributed by atoms with Crippen LogP contribution < -0.4 is 15.4 Å². The number of amides is 2. The first kappa shape index (κ1) is 35.1. The molecule has 272 valence electrons. The monoisotopic (exact) mass is 772 g/mol. The van der Waals surface area contributed by atoms with E-state index in [-0.39, 0.29) is 38.2 Å². The second-order valence-corrected chi connectivity index (χ2v) is 13.5. The van der Waals surface area contributed by atoms with Crippen molar-refractivity contribution in [3.05, 3.63) is 137 Å². The molecule has 6 heterocycles. The Balaban J connectivity index is 1.14. The molecule has 0 radical (unpaired) electrons. The summed E-state index contributed by atoms with van der Waals surface area (Å²) in [6.07, 6.45) is 2.70. The van der Waals surface area contributed by atoms with Crippen LogP contribution >= 0.6 is 22.7 Å². The Labute approximate surface area is 318 Å². The first-order chi connectivity index (χ1) is 26.7. The lowest BCUT2D eigenvalue weighted by Crippen LogP contribution is -2.19. The molecule has 2 amide bonds. The van der Waals surface area contributed by atoms with Gasteiger partial charge in [-0.1, -0.05) is 36.4 Å². The lowest BCUT2D eigenvalue weighted by atomic mass is 10.1. The normalized spacial score (nSPS) is 11.1. The Hall–Kier alpha value is -6.97. The van der Waals surface area contributed by atoms with Gasteiger partial charge in [0, 0.05) is 62.2 Å². The number of halogens is 1. The van der Waals surface area contributed by atoms with Crippen LogP contribution in [0.2, 0.25) is 0 Å². The van der Waals surface area contributed by atoms with Gasteiger partial charge < -0.3 is 28.9 Å². The molecule has 15 heteroatoms. The molecule has 0 atom stereocenters. The highest BCUT2D eigenvalue weighted by molar-refractivity contribution is 7.15. The lowest BCUT2D eigenvalue weighted by molar-refractivity contribution is 0.0401. The van der Waals surface area contributed by atoms with Crippen molar-refractivity contribution in [2.24, 2.45) is 0 Å². The summed E-state index contributed by atoms with van der Waals surface area (Å²) in [6, 6.07) is 23.1. The van der Waals surface area contributed by atoms with E-state index in [0.717, 1.165) is 28.7 Å². The summed E-state index contributed by atoms with van der Waals surface area (Å²) in [7, 11) is 0. The number of furan rings is 2. The number of benzene rings is 2. The van der Waals surface area contributed by atoms with Crippen molar-refractivity contribution in [2.45, 2.75) is 6.92 Å². The number of esters is 2. The number of ether oxygens (including phenoxy) is 2. The number of hydrogen-bond acceptors (Lipinski definition) is 12. The zero-order chi connectivity index (χ0) is 38.1. The van der Waals surface area contributed by atoms with Gasteiger partial charge in [-0.05, 0) is 49.4 Å². The SMILES string of the molecule is CCOc1ccc(-c2csc(NC(=O)c3cc4ccccc4o3)c2C(=O)OC(=O)c2c(-c3ccc(F)nc3)csc2NC(=O)c2cc3ccccc3o2)cn1. The van der Waals surface area contributed by atoms with Gasteiger partial charge in [0.25, 0.3) is 11.8 Å². The predicted molar refractivity (Wildman–Crippen MR) is 204 cm³/mol. The van der Waals surface area contributed by atoms with Crippen LogP contribution in [-0.2, 0) is 4.74 Å². The van der Waals surface area contributed by atoms with E-state index in [4.69, 9.17) is 18.3 Å². The van der Waals surface area contributed by atoms with Gasteiger partial charge in [0.1, 0.15) is 32.3 Å². The molecule has 8 aromatic rings. The molecule has 6 aromatic heterocycles. The molecule has 2 N–H and O–H groups in total. The fourth-order valence-electron chi connectivity index (χ4n) is 5.74. The van der Waals surface area contributed by atoms with Crippen molar-refractivity contribution >= 4 is 78.4 Å². The summed E-state index contributed by atoms with van der Waals surface area (Å²) < 4.78 is 36.3. The quantitative estimate of drug-likeness (QED) is 0.0778. The smallest absolute Gasteiger partial charge is 0.349 e. The number of pyridine rings is 2. The van der Waals surface area contributed by atoms with Gasteiger partial charge >= 0.3 is 11.9 Å². The maximum atomic E-state index is 14.2. The molecule has 55 heavy (non-hydrogen) atoms. The van der Waals surface area contributed by atoms with Crippen molar-refractivity contribution in [1.29, 1.82) is 0 Å². The van der Waals surface area contributed by atoms with Crippen LogP contribution in [-0.4, -0.2) is 40.3 Å². The molecule has 0 unspecified atom stereocenters. The van der Waals surface area contributed by atoms with Crippen molar-refractivity contribution in [2.75, 3.05) is 17.2 Å². The molecule has 0 aliphatic rings.